The molecule has 0 radical (unpaired) electrons. The van der Waals surface area contributed by atoms with Crippen molar-refractivity contribution < 1.29 is 8.83 Å². The zero-order chi connectivity index (χ0) is 34.9. The number of hydrogen-bond donors (Lipinski definition) is 0. The molecule has 0 spiro atoms. The SMILES string of the molecule is c1ccc(-c2ccc(N(c3ccc(-c4ccc5ccc6ccccc6c5c4)cc3)c3ccc4c(c3)oc3ccccc34)c3c2oc2ccccc23)cc1. The summed E-state index contributed by atoms with van der Waals surface area (Å²) < 4.78 is 13.1. The highest BCUT2D eigenvalue weighted by Gasteiger charge is 2.23. The van der Waals surface area contributed by atoms with E-state index in [9.17, 15) is 0 Å². The van der Waals surface area contributed by atoms with Gasteiger partial charge in [-0.1, -0.05) is 127 Å². The molecule has 0 unspecified atom stereocenters. The Morgan fingerprint density at radius 3 is 1.79 bits per heavy atom. The second kappa shape index (κ2) is 11.7. The van der Waals surface area contributed by atoms with Crippen molar-refractivity contribution >= 4 is 82.5 Å². The Kier molecular flexibility index (Phi) is 6.55. The second-order valence-electron chi connectivity index (χ2n) is 13.7. The van der Waals surface area contributed by atoms with E-state index in [0.717, 1.165) is 77.6 Å². The summed E-state index contributed by atoms with van der Waals surface area (Å²) in [6.45, 7) is 0. The highest BCUT2D eigenvalue weighted by molar-refractivity contribution is 6.17. The summed E-state index contributed by atoms with van der Waals surface area (Å²) in [6, 6.07) is 66.8. The number of hydrogen-bond acceptors (Lipinski definition) is 3. The van der Waals surface area contributed by atoms with Crippen LogP contribution in [0.5, 0.6) is 0 Å². The molecule has 2 aromatic heterocycles. The maximum absolute atomic E-state index is 6.71. The molecule has 53 heavy (non-hydrogen) atoms. The summed E-state index contributed by atoms with van der Waals surface area (Å²) in [4.78, 5) is 2.34. The predicted molar refractivity (Wildman–Crippen MR) is 222 cm³/mol. The van der Waals surface area contributed by atoms with Crippen LogP contribution in [0.25, 0.3) is 87.7 Å². The van der Waals surface area contributed by atoms with E-state index in [2.05, 4.69) is 169 Å². The van der Waals surface area contributed by atoms with Gasteiger partial charge in [-0.05, 0) is 92.8 Å². The Bertz CT molecular complexity index is 3170. The van der Waals surface area contributed by atoms with Crippen LogP contribution < -0.4 is 4.90 Å². The van der Waals surface area contributed by atoms with E-state index in [1.807, 2.05) is 24.3 Å². The lowest BCUT2D eigenvalue weighted by Crippen LogP contribution is -2.10. The summed E-state index contributed by atoms with van der Waals surface area (Å²) in [6.07, 6.45) is 0. The molecule has 0 amide bonds. The zero-order valence-corrected chi connectivity index (χ0v) is 28.7. The summed E-state index contributed by atoms with van der Waals surface area (Å²) >= 11 is 0. The lowest BCUT2D eigenvalue weighted by Gasteiger charge is -2.27. The van der Waals surface area contributed by atoms with Crippen molar-refractivity contribution in [1.82, 2.24) is 0 Å². The van der Waals surface area contributed by atoms with Gasteiger partial charge in [0.1, 0.15) is 22.3 Å². The van der Waals surface area contributed by atoms with Crippen molar-refractivity contribution in [2.75, 3.05) is 4.90 Å². The normalized spacial score (nSPS) is 11.8. The lowest BCUT2D eigenvalue weighted by atomic mass is 9.97. The molecule has 0 fully saturated rings. The van der Waals surface area contributed by atoms with Gasteiger partial charge in [-0.2, -0.15) is 0 Å². The highest BCUT2D eigenvalue weighted by Crippen LogP contribution is 2.47. The topological polar surface area (TPSA) is 29.5 Å². The van der Waals surface area contributed by atoms with Gasteiger partial charge in [-0.25, -0.2) is 0 Å². The quantitative estimate of drug-likeness (QED) is 0.170. The van der Waals surface area contributed by atoms with E-state index >= 15 is 0 Å². The number of para-hydroxylation sites is 2. The van der Waals surface area contributed by atoms with Crippen LogP contribution in [-0.2, 0) is 0 Å². The number of fused-ring (bicyclic) bond motifs is 9. The van der Waals surface area contributed by atoms with Crippen LogP contribution in [0.1, 0.15) is 0 Å². The third kappa shape index (κ3) is 4.75. The zero-order valence-electron chi connectivity index (χ0n) is 28.7. The summed E-state index contributed by atoms with van der Waals surface area (Å²) in [7, 11) is 0. The van der Waals surface area contributed by atoms with Gasteiger partial charge in [0.05, 0.1) is 11.1 Å². The smallest absolute Gasteiger partial charge is 0.145 e. The van der Waals surface area contributed by atoms with E-state index in [4.69, 9.17) is 8.83 Å². The minimum atomic E-state index is 0.850. The number of anilines is 3. The van der Waals surface area contributed by atoms with Crippen molar-refractivity contribution in [2.45, 2.75) is 0 Å². The molecule has 0 aliphatic heterocycles. The Morgan fingerprint density at radius 1 is 0.340 bits per heavy atom. The summed E-state index contributed by atoms with van der Waals surface area (Å²) in [5, 5.41) is 9.38. The van der Waals surface area contributed by atoms with Crippen molar-refractivity contribution in [2.24, 2.45) is 0 Å². The molecule has 3 heteroatoms. The fourth-order valence-electron chi connectivity index (χ4n) is 8.11. The van der Waals surface area contributed by atoms with Gasteiger partial charge in [0.15, 0.2) is 0 Å². The van der Waals surface area contributed by atoms with Crippen LogP contribution in [0.3, 0.4) is 0 Å². The minimum absolute atomic E-state index is 0.850. The molecule has 3 nitrogen and oxygen atoms in total. The van der Waals surface area contributed by atoms with Crippen LogP contribution in [0, 0.1) is 0 Å². The molecule has 0 saturated carbocycles. The highest BCUT2D eigenvalue weighted by atomic mass is 16.3. The number of rotatable bonds is 5. The van der Waals surface area contributed by atoms with Gasteiger partial charge >= 0.3 is 0 Å². The van der Waals surface area contributed by atoms with E-state index < -0.39 is 0 Å². The molecule has 0 saturated heterocycles. The monoisotopic (exact) mass is 677 g/mol. The number of nitrogens with zero attached hydrogens (tertiary/aromatic N) is 1. The first-order valence-corrected chi connectivity index (χ1v) is 18.0. The van der Waals surface area contributed by atoms with E-state index in [1.165, 1.54) is 27.1 Å². The van der Waals surface area contributed by atoms with Gasteiger partial charge in [-0.15, -0.1) is 0 Å². The van der Waals surface area contributed by atoms with Crippen LogP contribution in [0.4, 0.5) is 17.1 Å². The molecule has 9 aromatic carbocycles. The molecule has 2 heterocycles. The van der Waals surface area contributed by atoms with Crippen LogP contribution >= 0.6 is 0 Å². The Hall–Kier alpha value is -7.10. The van der Waals surface area contributed by atoms with Crippen molar-refractivity contribution in [1.29, 1.82) is 0 Å². The first-order chi connectivity index (χ1) is 26.3. The van der Waals surface area contributed by atoms with Crippen molar-refractivity contribution in [3.05, 3.63) is 188 Å². The van der Waals surface area contributed by atoms with Crippen LogP contribution in [0.2, 0.25) is 0 Å². The van der Waals surface area contributed by atoms with Gasteiger partial charge in [0.25, 0.3) is 0 Å². The first kappa shape index (κ1) is 29.6. The third-order valence-electron chi connectivity index (χ3n) is 10.7. The number of furan rings is 2. The fraction of sp³-hybridized carbons (Fsp3) is 0. The van der Waals surface area contributed by atoms with Crippen molar-refractivity contribution in [3.8, 4) is 22.3 Å². The molecule has 0 atom stereocenters. The average Bonchev–Trinajstić information content (AvgIpc) is 3.80. The largest absolute Gasteiger partial charge is 0.456 e. The molecular weight excluding hydrogens is 647 g/mol. The molecule has 0 N–H and O–H groups in total. The third-order valence-corrected chi connectivity index (χ3v) is 10.7. The van der Waals surface area contributed by atoms with Gasteiger partial charge < -0.3 is 13.7 Å². The lowest BCUT2D eigenvalue weighted by molar-refractivity contribution is 0.669. The van der Waals surface area contributed by atoms with E-state index in [1.54, 1.807) is 0 Å². The molecule has 248 valence electrons. The molecule has 11 aromatic rings. The van der Waals surface area contributed by atoms with Gasteiger partial charge in [-0.3, -0.25) is 0 Å². The average molecular weight is 678 g/mol. The molecule has 0 aliphatic carbocycles. The summed E-state index contributed by atoms with van der Waals surface area (Å²) in [5.41, 5.74) is 11.1. The number of benzene rings is 9. The molecule has 0 aliphatic rings. The fourth-order valence-corrected chi connectivity index (χ4v) is 8.11. The standard InChI is InChI=1S/C50H31NO2/c1-2-10-33(11-3-1)40-28-29-45(49-43-15-7-9-17-47(43)53-50(40)49)51(38-26-27-42-41-14-6-8-16-46(41)52-48(42)31-38)37-24-22-32(23-25-37)36-21-20-35-19-18-34-12-4-5-13-39(34)44(35)30-36/h1-31H. The second-order valence-corrected chi connectivity index (χ2v) is 13.7. The van der Waals surface area contributed by atoms with E-state index in [-0.39, 0.29) is 0 Å². The van der Waals surface area contributed by atoms with Gasteiger partial charge in [0.2, 0.25) is 0 Å². The maximum atomic E-state index is 6.71. The minimum Gasteiger partial charge on any atom is -0.456 e. The Labute approximate surface area is 305 Å². The van der Waals surface area contributed by atoms with Gasteiger partial charge in [0, 0.05) is 39.2 Å². The predicted octanol–water partition coefficient (Wildman–Crippen LogP) is 14.6. The first-order valence-electron chi connectivity index (χ1n) is 18.0. The molecule has 11 rings (SSSR count). The Balaban J connectivity index is 1.12. The molecule has 0 bridgehead atoms. The van der Waals surface area contributed by atoms with E-state index in [0.29, 0.717) is 0 Å². The Morgan fingerprint density at radius 2 is 0.962 bits per heavy atom. The molecular formula is C50H31NO2. The van der Waals surface area contributed by atoms with Crippen molar-refractivity contribution in [3.63, 3.8) is 0 Å². The van der Waals surface area contributed by atoms with Crippen LogP contribution in [-0.4, -0.2) is 0 Å². The summed E-state index contributed by atoms with van der Waals surface area (Å²) in [5.74, 6) is 0. The maximum Gasteiger partial charge on any atom is 0.145 e. The van der Waals surface area contributed by atoms with Crippen LogP contribution in [0.15, 0.2) is 197 Å².